The maximum Gasteiger partial charge on any atom is 0.220 e. The van der Waals surface area contributed by atoms with E-state index in [1.54, 1.807) is 0 Å². The van der Waals surface area contributed by atoms with Gasteiger partial charge in [0.1, 0.15) is 0 Å². The first-order valence-corrected chi connectivity index (χ1v) is 8.08. The van der Waals surface area contributed by atoms with E-state index in [4.69, 9.17) is 0 Å². The number of nitrogens with one attached hydrogen (secondary N) is 1. The minimum Gasteiger partial charge on any atom is -0.355 e. The first-order valence-electron chi connectivity index (χ1n) is 8.08. The van der Waals surface area contributed by atoms with Crippen LogP contribution in [-0.4, -0.2) is 12.5 Å². The molecule has 2 aromatic rings. The van der Waals surface area contributed by atoms with Gasteiger partial charge in [-0.25, -0.2) is 0 Å². The monoisotopic (exact) mass is 295 g/mol. The van der Waals surface area contributed by atoms with Crippen molar-refractivity contribution in [3.8, 4) is 0 Å². The molecule has 1 N–H and O–H groups in total. The Kier molecular flexibility index (Phi) is 6.20. The Morgan fingerprint density at radius 3 is 2.27 bits per heavy atom. The summed E-state index contributed by atoms with van der Waals surface area (Å²) >= 11 is 0. The lowest BCUT2D eigenvalue weighted by molar-refractivity contribution is -0.121. The topological polar surface area (TPSA) is 29.1 Å². The molecule has 0 aliphatic carbocycles. The third-order valence-corrected chi connectivity index (χ3v) is 4.05. The van der Waals surface area contributed by atoms with Crippen molar-refractivity contribution < 1.29 is 4.79 Å². The summed E-state index contributed by atoms with van der Waals surface area (Å²) in [5, 5.41) is 3.03. The van der Waals surface area contributed by atoms with Crippen LogP contribution in [0.25, 0.3) is 0 Å². The van der Waals surface area contributed by atoms with E-state index in [-0.39, 0.29) is 5.91 Å². The standard InChI is InChI=1S/C20H25NO/c1-3-17-9-11-18(12-10-17)13-14-20(22)21-15-16(2)19-7-5-4-6-8-19/h4-12,16H,3,13-15H2,1-2H3,(H,21,22). The van der Waals surface area contributed by atoms with Crippen LogP contribution in [0.5, 0.6) is 0 Å². The van der Waals surface area contributed by atoms with Crippen LogP contribution in [0.3, 0.4) is 0 Å². The molecule has 0 aliphatic heterocycles. The largest absolute Gasteiger partial charge is 0.355 e. The molecule has 0 bridgehead atoms. The van der Waals surface area contributed by atoms with Crippen LogP contribution in [-0.2, 0) is 17.6 Å². The number of aryl methyl sites for hydroxylation is 2. The van der Waals surface area contributed by atoms with Gasteiger partial charge >= 0.3 is 0 Å². The first kappa shape index (κ1) is 16.3. The highest BCUT2D eigenvalue weighted by atomic mass is 16.1. The van der Waals surface area contributed by atoms with Gasteiger partial charge in [0, 0.05) is 13.0 Å². The first-order chi connectivity index (χ1) is 10.7. The van der Waals surface area contributed by atoms with E-state index in [0.29, 0.717) is 18.9 Å². The van der Waals surface area contributed by atoms with Gasteiger partial charge in [-0.15, -0.1) is 0 Å². The third-order valence-electron chi connectivity index (χ3n) is 4.05. The lowest BCUT2D eigenvalue weighted by Crippen LogP contribution is -2.27. The molecule has 1 atom stereocenters. The zero-order valence-electron chi connectivity index (χ0n) is 13.5. The second-order valence-electron chi connectivity index (χ2n) is 5.79. The minimum absolute atomic E-state index is 0.127. The van der Waals surface area contributed by atoms with E-state index in [1.165, 1.54) is 16.7 Å². The number of carbonyl (C=O) groups is 1. The van der Waals surface area contributed by atoms with Gasteiger partial charge in [0.2, 0.25) is 5.91 Å². The summed E-state index contributed by atoms with van der Waals surface area (Å²) in [7, 11) is 0. The van der Waals surface area contributed by atoms with Crippen LogP contribution in [0, 0.1) is 0 Å². The average molecular weight is 295 g/mol. The van der Waals surface area contributed by atoms with Crippen molar-refractivity contribution in [2.24, 2.45) is 0 Å². The molecule has 0 radical (unpaired) electrons. The Morgan fingerprint density at radius 1 is 1.00 bits per heavy atom. The van der Waals surface area contributed by atoms with Crippen molar-refractivity contribution in [1.29, 1.82) is 0 Å². The molecular formula is C20H25NO. The van der Waals surface area contributed by atoms with E-state index in [0.717, 1.165) is 12.8 Å². The van der Waals surface area contributed by atoms with Gasteiger partial charge in [-0.05, 0) is 35.4 Å². The normalized spacial score (nSPS) is 11.9. The SMILES string of the molecule is CCc1ccc(CCC(=O)NCC(C)c2ccccc2)cc1. The quantitative estimate of drug-likeness (QED) is 0.818. The third kappa shape index (κ3) is 5.03. The van der Waals surface area contributed by atoms with Gasteiger partial charge < -0.3 is 5.32 Å². The Morgan fingerprint density at radius 2 is 1.64 bits per heavy atom. The molecule has 0 aromatic heterocycles. The lowest BCUT2D eigenvalue weighted by Gasteiger charge is -2.13. The van der Waals surface area contributed by atoms with Crippen LogP contribution in [0.2, 0.25) is 0 Å². The molecule has 2 nitrogen and oxygen atoms in total. The van der Waals surface area contributed by atoms with Crippen LogP contribution in [0.15, 0.2) is 54.6 Å². The molecule has 22 heavy (non-hydrogen) atoms. The molecule has 2 heteroatoms. The van der Waals surface area contributed by atoms with Crippen LogP contribution >= 0.6 is 0 Å². The van der Waals surface area contributed by atoms with E-state index >= 15 is 0 Å². The molecule has 0 heterocycles. The van der Waals surface area contributed by atoms with Crippen molar-refractivity contribution in [2.75, 3.05) is 6.54 Å². The Labute approximate surface area is 133 Å². The average Bonchev–Trinajstić information content (AvgIpc) is 2.59. The summed E-state index contributed by atoms with van der Waals surface area (Å²) in [5.74, 6) is 0.469. The molecule has 1 unspecified atom stereocenters. The van der Waals surface area contributed by atoms with Crippen molar-refractivity contribution in [3.63, 3.8) is 0 Å². The molecule has 0 fully saturated rings. The highest BCUT2D eigenvalue weighted by molar-refractivity contribution is 5.76. The second-order valence-corrected chi connectivity index (χ2v) is 5.79. The molecule has 0 spiro atoms. The van der Waals surface area contributed by atoms with Crippen LogP contribution in [0.1, 0.15) is 42.9 Å². The number of amides is 1. The molecule has 0 saturated heterocycles. The zero-order valence-corrected chi connectivity index (χ0v) is 13.5. The summed E-state index contributed by atoms with van der Waals surface area (Å²) in [6.07, 6.45) is 2.40. The van der Waals surface area contributed by atoms with Gasteiger partial charge in [-0.2, -0.15) is 0 Å². The van der Waals surface area contributed by atoms with Gasteiger partial charge in [0.15, 0.2) is 0 Å². The number of rotatable bonds is 7. The van der Waals surface area contributed by atoms with Crippen LogP contribution in [0.4, 0.5) is 0 Å². The Balaban J connectivity index is 1.73. The van der Waals surface area contributed by atoms with Crippen LogP contribution < -0.4 is 5.32 Å². The molecule has 0 aliphatic rings. The lowest BCUT2D eigenvalue weighted by atomic mass is 10.0. The summed E-state index contributed by atoms with van der Waals surface area (Å²) in [6.45, 7) is 4.98. The number of benzene rings is 2. The smallest absolute Gasteiger partial charge is 0.220 e. The van der Waals surface area contributed by atoms with Gasteiger partial charge in [-0.1, -0.05) is 68.4 Å². The summed E-state index contributed by atoms with van der Waals surface area (Å²) in [5.41, 5.74) is 3.83. The Hall–Kier alpha value is -2.09. The predicted octanol–water partition coefficient (Wildman–Crippen LogP) is 4.10. The summed E-state index contributed by atoms with van der Waals surface area (Å²) < 4.78 is 0. The maximum atomic E-state index is 12.0. The predicted molar refractivity (Wildman–Crippen MR) is 92.0 cm³/mol. The fourth-order valence-electron chi connectivity index (χ4n) is 2.45. The molecule has 2 aromatic carbocycles. The highest BCUT2D eigenvalue weighted by Crippen LogP contribution is 2.13. The van der Waals surface area contributed by atoms with Crippen molar-refractivity contribution >= 4 is 5.91 Å². The fraction of sp³-hybridized carbons (Fsp3) is 0.350. The zero-order chi connectivity index (χ0) is 15.8. The van der Waals surface area contributed by atoms with E-state index in [1.807, 2.05) is 18.2 Å². The second kappa shape index (κ2) is 8.38. The minimum atomic E-state index is 0.127. The maximum absolute atomic E-state index is 12.0. The van der Waals surface area contributed by atoms with Gasteiger partial charge in [0.05, 0.1) is 0 Å². The van der Waals surface area contributed by atoms with E-state index in [9.17, 15) is 4.79 Å². The number of hydrogen-bond acceptors (Lipinski definition) is 1. The fourth-order valence-corrected chi connectivity index (χ4v) is 2.45. The number of hydrogen-bond donors (Lipinski definition) is 1. The van der Waals surface area contributed by atoms with Crippen molar-refractivity contribution in [3.05, 3.63) is 71.3 Å². The molecule has 2 rings (SSSR count). The van der Waals surface area contributed by atoms with Gasteiger partial charge in [0.25, 0.3) is 0 Å². The molecule has 116 valence electrons. The number of carbonyl (C=O) groups excluding carboxylic acids is 1. The summed E-state index contributed by atoms with van der Waals surface area (Å²) in [4.78, 5) is 12.0. The summed E-state index contributed by atoms with van der Waals surface area (Å²) in [6, 6.07) is 18.8. The van der Waals surface area contributed by atoms with E-state index in [2.05, 4.69) is 55.6 Å². The molecular weight excluding hydrogens is 270 g/mol. The highest BCUT2D eigenvalue weighted by Gasteiger charge is 2.07. The molecule has 0 saturated carbocycles. The van der Waals surface area contributed by atoms with E-state index < -0.39 is 0 Å². The molecule has 1 amide bonds. The van der Waals surface area contributed by atoms with Crippen molar-refractivity contribution in [2.45, 2.75) is 39.0 Å². The van der Waals surface area contributed by atoms with Gasteiger partial charge in [-0.3, -0.25) is 4.79 Å². The Bertz CT molecular complexity index is 574. The van der Waals surface area contributed by atoms with Crippen molar-refractivity contribution in [1.82, 2.24) is 5.32 Å².